The first-order valence-corrected chi connectivity index (χ1v) is 11.2. The Morgan fingerprint density at radius 1 is 1.07 bits per heavy atom. The molecule has 1 unspecified atom stereocenters. The summed E-state index contributed by atoms with van der Waals surface area (Å²) in [5.74, 6) is 2.45. The normalized spacial score (nSPS) is 25.1. The molecule has 1 N–H and O–H groups in total. The Hall–Kier alpha value is -1.53. The summed E-state index contributed by atoms with van der Waals surface area (Å²) in [4.78, 5) is 24.0. The third-order valence-electron chi connectivity index (χ3n) is 6.67. The van der Waals surface area contributed by atoms with Gasteiger partial charge in [0.2, 0.25) is 5.91 Å². The van der Waals surface area contributed by atoms with Gasteiger partial charge >= 0.3 is 0 Å². The number of hydrogen-bond acceptors (Lipinski definition) is 5. The largest absolute Gasteiger partial charge is 0.381 e. The molecule has 4 rings (SSSR count). The number of rotatable bonds is 6. The van der Waals surface area contributed by atoms with E-state index in [1.54, 1.807) is 0 Å². The lowest BCUT2D eigenvalue weighted by Gasteiger charge is -2.32. The van der Waals surface area contributed by atoms with Crippen LogP contribution in [0.25, 0.3) is 0 Å². The zero-order valence-corrected chi connectivity index (χ0v) is 16.9. The van der Waals surface area contributed by atoms with E-state index >= 15 is 0 Å². The van der Waals surface area contributed by atoms with Gasteiger partial charge in [-0.05, 0) is 51.1 Å². The van der Waals surface area contributed by atoms with Crippen molar-refractivity contribution in [2.75, 3.05) is 32.8 Å². The van der Waals surface area contributed by atoms with E-state index in [4.69, 9.17) is 4.74 Å². The molecule has 2 aliphatic heterocycles. The summed E-state index contributed by atoms with van der Waals surface area (Å²) in [6.07, 6.45) is 13.7. The van der Waals surface area contributed by atoms with Crippen molar-refractivity contribution < 1.29 is 9.53 Å². The Morgan fingerprint density at radius 3 is 2.50 bits per heavy atom. The number of nitrogens with zero attached hydrogens (tertiary/aromatic N) is 3. The number of nitrogens with one attached hydrogen (secondary N) is 1. The molecule has 3 fully saturated rings. The predicted octanol–water partition coefficient (Wildman–Crippen LogP) is 2.89. The summed E-state index contributed by atoms with van der Waals surface area (Å²) in [7, 11) is 0. The Kier molecular flexibility index (Phi) is 6.91. The van der Waals surface area contributed by atoms with Gasteiger partial charge in [-0.1, -0.05) is 19.3 Å². The smallest absolute Gasteiger partial charge is 0.225 e. The van der Waals surface area contributed by atoms with Crippen LogP contribution in [0.3, 0.4) is 0 Å². The number of carbonyl (C=O) groups is 1. The topological polar surface area (TPSA) is 67.4 Å². The quantitative estimate of drug-likeness (QED) is 0.814. The molecule has 1 saturated carbocycles. The minimum absolute atomic E-state index is 0.0664. The number of ether oxygens (including phenoxy) is 1. The second kappa shape index (κ2) is 9.79. The lowest BCUT2D eigenvalue weighted by molar-refractivity contribution is -0.125. The van der Waals surface area contributed by atoms with Gasteiger partial charge in [0, 0.05) is 43.6 Å². The highest BCUT2D eigenvalue weighted by Gasteiger charge is 2.25. The maximum Gasteiger partial charge on any atom is 0.225 e. The third kappa shape index (κ3) is 5.29. The third-order valence-corrected chi connectivity index (χ3v) is 6.67. The van der Waals surface area contributed by atoms with Crippen molar-refractivity contribution in [2.24, 2.45) is 11.8 Å². The van der Waals surface area contributed by atoms with Crippen molar-refractivity contribution in [3.05, 3.63) is 23.8 Å². The molecule has 0 radical (unpaired) electrons. The highest BCUT2D eigenvalue weighted by molar-refractivity contribution is 5.78. The Balaban J connectivity index is 1.17. The van der Waals surface area contributed by atoms with Crippen molar-refractivity contribution in [3.8, 4) is 0 Å². The maximum absolute atomic E-state index is 12.1. The number of carbonyl (C=O) groups excluding carboxylic acids is 1. The summed E-state index contributed by atoms with van der Waals surface area (Å²) in [6, 6.07) is 0. The van der Waals surface area contributed by atoms with Gasteiger partial charge in [-0.15, -0.1) is 0 Å². The standard InChI is InChI=1S/C22H34N4O2/c27-22(20-8-11-28-16-20)25-12-17-6-9-26(10-7-17)15-18-13-23-21(24-14-18)19-4-2-1-3-5-19/h13-14,17,19-20H,1-12,15-16H2,(H,25,27). The SMILES string of the molecule is O=C(NCC1CCN(Cc2cnc(C3CCCCC3)nc2)CC1)C1CCOC1. The van der Waals surface area contributed by atoms with Crippen LogP contribution in [-0.4, -0.2) is 53.6 Å². The molecule has 1 amide bonds. The lowest BCUT2D eigenvalue weighted by Crippen LogP contribution is -2.40. The molecular formula is C22H34N4O2. The van der Waals surface area contributed by atoms with Crippen molar-refractivity contribution in [3.63, 3.8) is 0 Å². The molecule has 1 aromatic rings. The fourth-order valence-electron chi connectivity index (χ4n) is 4.76. The van der Waals surface area contributed by atoms with Crippen LogP contribution in [0.4, 0.5) is 0 Å². The van der Waals surface area contributed by atoms with Gasteiger partial charge in [0.1, 0.15) is 5.82 Å². The minimum Gasteiger partial charge on any atom is -0.381 e. The molecule has 3 heterocycles. The van der Waals surface area contributed by atoms with E-state index in [0.29, 0.717) is 18.4 Å². The molecule has 1 aromatic heterocycles. The number of piperidine rings is 1. The number of amides is 1. The molecular weight excluding hydrogens is 352 g/mol. The van der Waals surface area contributed by atoms with E-state index in [-0.39, 0.29) is 11.8 Å². The zero-order valence-electron chi connectivity index (χ0n) is 16.9. The summed E-state index contributed by atoms with van der Waals surface area (Å²) >= 11 is 0. The Bertz CT molecular complexity index is 616. The predicted molar refractivity (Wildman–Crippen MR) is 108 cm³/mol. The summed E-state index contributed by atoms with van der Waals surface area (Å²) in [5, 5.41) is 3.14. The van der Waals surface area contributed by atoms with E-state index < -0.39 is 0 Å². The van der Waals surface area contributed by atoms with Gasteiger partial charge in [-0.3, -0.25) is 9.69 Å². The van der Waals surface area contributed by atoms with Crippen LogP contribution in [-0.2, 0) is 16.1 Å². The van der Waals surface area contributed by atoms with Crippen molar-refractivity contribution >= 4 is 5.91 Å². The van der Waals surface area contributed by atoms with Crippen LogP contribution >= 0.6 is 0 Å². The molecule has 0 bridgehead atoms. The second-order valence-electron chi connectivity index (χ2n) is 8.81. The average Bonchev–Trinajstić information content (AvgIpc) is 3.29. The van der Waals surface area contributed by atoms with Crippen molar-refractivity contribution in [2.45, 2.75) is 63.8 Å². The van der Waals surface area contributed by atoms with Gasteiger partial charge in [0.15, 0.2) is 0 Å². The van der Waals surface area contributed by atoms with E-state index in [2.05, 4.69) is 20.2 Å². The lowest BCUT2D eigenvalue weighted by atomic mass is 9.89. The van der Waals surface area contributed by atoms with Gasteiger partial charge in [0.25, 0.3) is 0 Å². The van der Waals surface area contributed by atoms with Crippen LogP contribution in [0.15, 0.2) is 12.4 Å². The minimum atomic E-state index is 0.0664. The van der Waals surface area contributed by atoms with Gasteiger partial charge in [-0.2, -0.15) is 0 Å². The maximum atomic E-state index is 12.1. The number of aromatic nitrogens is 2. The Labute approximate surface area is 168 Å². The summed E-state index contributed by atoms with van der Waals surface area (Å²) in [6.45, 7) is 5.22. The molecule has 0 aromatic carbocycles. The summed E-state index contributed by atoms with van der Waals surface area (Å²) < 4.78 is 5.30. The molecule has 6 nitrogen and oxygen atoms in total. The van der Waals surface area contributed by atoms with E-state index in [1.165, 1.54) is 37.7 Å². The molecule has 1 aliphatic carbocycles. The van der Waals surface area contributed by atoms with Crippen LogP contribution in [0, 0.1) is 11.8 Å². The molecule has 0 spiro atoms. The van der Waals surface area contributed by atoms with E-state index in [1.807, 2.05) is 12.4 Å². The van der Waals surface area contributed by atoms with Crippen LogP contribution < -0.4 is 5.32 Å². The average molecular weight is 387 g/mol. The molecule has 154 valence electrons. The monoisotopic (exact) mass is 386 g/mol. The first kappa shape index (κ1) is 19.8. The Morgan fingerprint density at radius 2 is 1.82 bits per heavy atom. The summed E-state index contributed by atoms with van der Waals surface area (Å²) in [5.41, 5.74) is 1.22. The van der Waals surface area contributed by atoms with Gasteiger partial charge in [-0.25, -0.2) is 9.97 Å². The molecule has 1 atom stereocenters. The zero-order chi connectivity index (χ0) is 19.2. The molecule has 28 heavy (non-hydrogen) atoms. The van der Waals surface area contributed by atoms with Crippen molar-refractivity contribution in [1.29, 1.82) is 0 Å². The second-order valence-corrected chi connectivity index (χ2v) is 8.81. The molecule has 2 saturated heterocycles. The highest BCUT2D eigenvalue weighted by Crippen LogP contribution is 2.30. The fraction of sp³-hybridized carbons (Fsp3) is 0.773. The van der Waals surface area contributed by atoms with Crippen LogP contribution in [0.1, 0.15) is 68.7 Å². The van der Waals surface area contributed by atoms with Crippen LogP contribution in [0.2, 0.25) is 0 Å². The first-order chi connectivity index (χ1) is 13.8. The number of likely N-dealkylation sites (tertiary alicyclic amines) is 1. The van der Waals surface area contributed by atoms with E-state index in [9.17, 15) is 4.79 Å². The van der Waals surface area contributed by atoms with Gasteiger partial charge in [0.05, 0.1) is 12.5 Å². The first-order valence-electron chi connectivity index (χ1n) is 11.2. The number of hydrogen-bond donors (Lipinski definition) is 1. The van der Waals surface area contributed by atoms with Crippen molar-refractivity contribution in [1.82, 2.24) is 20.2 Å². The molecule has 6 heteroatoms. The fourth-order valence-corrected chi connectivity index (χ4v) is 4.76. The van der Waals surface area contributed by atoms with E-state index in [0.717, 1.165) is 57.9 Å². The van der Waals surface area contributed by atoms with Crippen LogP contribution in [0.5, 0.6) is 0 Å². The highest BCUT2D eigenvalue weighted by atomic mass is 16.5. The van der Waals surface area contributed by atoms with Gasteiger partial charge < -0.3 is 10.1 Å². The molecule has 3 aliphatic rings.